The molecule has 0 saturated heterocycles. The average Bonchev–Trinajstić information content (AvgIpc) is 2.78. The summed E-state index contributed by atoms with van der Waals surface area (Å²) < 4.78 is 38.4. The fraction of sp³-hybridized carbons (Fsp3) is 0.174. The SMILES string of the molecule is CC[C@@H](Oc1ccc(OC)cc1)C(=O)Nc1ccc(S(=O)(=O)Nc2ccccc2)cc1. The Bertz CT molecular complexity index is 1100. The minimum Gasteiger partial charge on any atom is -0.497 e. The maximum atomic E-state index is 12.6. The first-order chi connectivity index (χ1) is 14.9. The van der Waals surface area contributed by atoms with Crippen LogP contribution in [0, 0.1) is 0 Å². The van der Waals surface area contributed by atoms with E-state index in [1.165, 1.54) is 24.3 Å². The molecule has 1 amide bonds. The van der Waals surface area contributed by atoms with Crippen molar-refractivity contribution in [1.29, 1.82) is 0 Å². The molecule has 0 spiro atoms. The summed E-state index contributed by atoms with van der Waals surface area (Å²) in [6.45, 7) is 1.85. The summed E-state index contributed by atoms with van der Waals surface area (Å²) in [7, 11) is -2.15. The lowest BCUT2D eigenvalue weighted by molar-refractivity contribution is -0.122. The number of nitrogens with one attached hydrogen (secondary N) is 2. The summed E-state index contributed by atoms with van der Waals surface area (Å²) in [5.74, 6) is 0.925. The van der Waals surface area contributed by atoms with Crippen LogP contribution in [0.5, 0.6) is 11.5 Å². The van der Waals surface area contributed by atoms with E-state index in [0.29, 0.717) is 29.3 Å². The number of methoxy groups -OCH3 is 1. The van der Waals surface area contributed by atoms with E-state index >= 15 is 0 Å². The first kappa shape index (κ1) is 22.2. The highest BCUT2D eigenvalue weighted by atomic mass is 32.2. The number of benzene rings is 3. The normalized spacial score (nSPS) is 11.9. The molecule has 162 valence electrons. The molecule has 31 heavy (non-hydrogen) atoms. The Balaban J connectivity index is 1.64. The second-order valence-electron chi connectivity index (χ2n) is 6.68. The fourth-order valence-corrected chi connectivity index (χ4v) is 3.86. The van der Waals surface area contributed by atoms with Crippen LogP contribution < -0.4 is 19.5 Å². The van der Waals surface area contributed by atoms with Gasteiger partial charge in [0.05, 0.1) is 12.0 Å². The number of anilines is 2. The van der Waals surface area contributed by atoms with E-state index in [9.17, 15) is 13.2 Å². The molecule has 0 heterocycles. The van der Waals surface area contributed by atoms with Crippen molar-refractivity contribution < 1.29 is 22.7 Å². The van der Waals surface area contributed by atoms with Gasteiger partial charge >= 0.3 is 0 Å². The molecule has 3 aromatic carbocycles. The van der Waals surface area contributed by atoms with Crippen molar-refractivity contribution >= 4 is 27.3 Å². The van der Waals surface area contributed by atoms with Gasteiger partial charge in [-0.05, 0) is 67.1 Å². The van der Waals surface area contributed by atoms with Gasteiger partial charge in [-0.2, -0.15) is 0 Å². The molecule has 3 rings (SSSR count). The van der Waals surface area contributed by atoms with E-state index in [2.05, 4.69) is 10.0 Å². The Morgan fingerprint density at radius 2 is 1.48 bits per heavy atom. The molecule has 0 bridgehead atoms. The van der Waals surface area contributed by atoms with Crippen molar-refractivity contribution in [2.24, 2.45) is 0 Å². The Kier molecular flexibility index (Phi) is 7.15. The van der Waals surface area contributed by atoms with Gasteiger partial charge in [0, 0.05) is 11.4 Å². The van der Waals surface area contributed by atoms with E-state index in [1.54, 1.807) is 61.7 Å². The number of hydrogen-bond acceptors (Lipinski definition) is 5. The van der Waals surface area contributed by atoms with Crippen LogP contribution in [0.3, 0.4) is 0 Å². The molecule has 7 nitrogen and oxygen atoms in total. The van der Waals surface area contributed by atoms with Crippen LogP contribution in [0.4, 0.5) is 11.4 Å². The van der Waals surface area contributed by atoms with Crippen molar-refractivity contribution in [3.8, 4) is 11.5 Å². The minimum absolute atomic E-state index is 0.0934. The number of carbonyl (C=O) groups excluding carboxylic acids is 1. The van der Waals surface area contributed by atoms with E-state index in [-0.39, 0.29) is 10.8 Å². The first-order valence-electron chi connectivity index (χ1n) is 9.71. The highest BCUT2D eigenvalue weighted by molar-refractivity contribution is 7.92. The zero-order valence-electron chi connectivity index (χ0n) is 17.2. The van der Waals surface area contributed by atoms with Gasteiger partial charge in [-0.3, -0.25) is 9.52 Å². The molecule has 0 saturated carbocycles. The van der Waals surface area contributed by atoms with Gasteiger partial charge in [-0.1, -0.05) is 25.1 Å². The van der Waals surface area contributed by atoms with E-state index in [0.717, 1.165) is 0 Å². The minimum atomic E-state index is -3.72. The molecule has 0 aliphatic heterocycles. The topological polar surface area (TPSA) is 93.7 Å². The monoisotopic (exact) mass is 440 g/mol. The Morgan fingerprint density at radius 3 is 2.06 bits per heavy atom. The predicted molar refractivity (Wildman–Crippen MR) is 120 cm³/mol. The van der Waals surface area contributed by atoms with Gasteiger partial charge in [0.1, 0.15) is 11.5 Å². The smallest absolute Gasteiger partial charge is 0.265 e. The van der Waals surface area contributed by atoms with E-state index in [4.69, 9.17) is 9.47 Å². The van der Waals surface area contributed by atoms with Crippen molar-refractivity contribution in [2.45, 2.75) is 24.3 Å². The lowest BCUT2D eigenvalue weighted by Gasteiger charge is -2.17. The second-order valence-corrected chi connectivity index (χ2v) is 8.36. The van der Waals surface area contributed by atoms with Gasteiger partial charge in [-0.25, -0.2) is 8.42 Å². The van der Waals surface area contributed by atoms with Crippen molar-refractivity contribution in [3.63, 3.8) is 0 Å². The molecule has 3 aromatic rings. The lowest BCUT2D eigenvalue weighted by atomic mass is 10.2. The number of para-hydroxylation sites is 1. The van der Waals surface area contributed by atoms with Gasteiger partial charge < -0.3 is 14.8 Å². The van der Waals surface area contributed by atoms with E-state index in [1.807, 2.05) is 6.92 Å². The molecule has 0 radical (unpaired) electrons. The molecule has 2 N–H and O–H groups in total. The third-order valence-corrected chi connectivity index (χ3v) is 5.86. The third-order valence-electron chi connectivity index (χ3n) is 4.46. The lowest BCUT2D eigenvalue weighted by Crippen LogP contribution is -2.32. The largest absolute Gasteiger partial charge is 0.497 e. The maximum absolute atomic E-state index is 12.6. The average molecular weight is 441 g/mol. The van der Waals surface area contributed by atoms with Crippen LogP contribution in [-0.4, -0.2) is 27.5 Å². The molecule has 0 unspecified atom stereocenters. The molecular weight excluding hydrogens is 416 g/mol. The van der Waals surface area contributed by atoms with Crippen LogP contribution in [0.1, 0.15) is 13.3 Å². The molecular formula is C23H24N2O5S. The molecule has 1 atom stereocenters. The standard InChI is InChI=1S/C23H24N2O5S/c1-3-22(30-20-13-11-19(29-2)12-14-20)23(26)24-17-9-15-21(16-10-17)31(27,28)25-18-7-5-4-6-8-18/h4-16,22,25H,3H2,1-2H3,(H,24,26)/t22-/m1/s1. The number of hydrogen-bond donors (Lipinski definition) is 2. The second kappa shape index (κ2) is 9.99. The number of sulfonamides is 1. The van der Waals surface area contributed by atoms with Crippen molar-refractivity contribution in [2.75, 3.05) is 17.1 Å². The molecule has 8 heteroatoms. The highest BCUT2D eigenvalue weighted by Crippen LogP contribution is 2.21. The van der Waals surface area contributed by atoms with Gasteiger partial charge in [-0.15, -0.1) is 0 Å². The van der Waals surface area contributed by atoms with Crippen molar-refractivity contribution in [1.82, 2.24) is 0 Å². The summed E-state index contributed by atoms with van der Waals surface area (Å²) in [6.07, 6.45) is -0.234. The Morgan fingerprint density at radius 1 is 0.871 bits per heavy atom. The number of rotatable bonds is 9. The fourth-order valence-electron chi connectivity index (χ4n) is 2.80. The summed E-state index contributed by atoms with van der Waals surface area (Å²) in [4.78, 5) is 12.7. The van der Waals surface area contributed by atoms with Crippen molar-refractivity contribution in [3.05, 3.63) is 78.9 Å². The number of carbonyl (C=O) groups is 1. The third kappa shape index (κ3) is 5.99. The first-order valence-corrected chi connectivity index (χ1v) is 11.2. The maximum Gasteiger partial charge on any atom is 0.265 e. The number of amides is 1. The summed E-state index contributed by atoms with van der Waals surface area (Å²) in [6, 6.07) is 21.5. The summed E-state index contributed by atoms with van der Waals surface area (Å²) in [5, 5.41) is 2.76. The molecule has 0 aromatic heterocycles. The van der Waals surface area contributed by atoms with Crippen LogP contribution in [0.2, 0.25) is 0 Å². The summed E-state index contributed by atoms with van der Waals surface area (Å²) in [5.41, 5.74) is 0.946. The molecule has 0 fully saturated rings. The van der Waals surface area contributed by atoms with E-state index < -0.39 is 16.1 Å². The van der Waals surface area contributed by atoms with Crippen LogP contribution >= 0.6 is 0 Å². The van der Waals surface area contributed by atoms with Crippen LogP contribution in [0.25, 0.3) is 0 Å². The zero-order chi connectivity index (χ0) is 22.3. The van der Waals surface area contributed by atoms with Gasteiger partial charge in [0.15, 0.2) is 6.10 Å². The zero-order valence-corrected chi connectivity index (χ0v) is 18.1. The predicted octanol–water partition coefficient (Wildman–Crippen LogP) is 4.29. The molecule has 0 aliphatic carbocycles. The quantitative estimate of drug-likeness (QED) is 0.518. The van der Waals surface area contributed by atoms with Gasteiger partial charge in [0.2, 0.25) is 0 Å². The Labute approximate surface area is 182 Å². The Hall–Kier alpha value is -3.52. The number of ether oxygens (including phenoxy) is 2. The van der Waals surface area contributed by atoms with Crippen LogP contribution in [-0.2, 0) is 14.8 Å². The van der Waals surface area contributed by atoms with Crippen LogP contribution in [0.15, 0.2) is 83.8 Å². The summed E-state index contributed by atoms with van der Waals surface area (Å²) >= 11 is 0. The molecule has 0 aliphatic rings. The van der Waals surface area contributed by atoms with Gasteiger partial charge in [0.25, 0.3) is 15.9 Å². The highest BCUT2D eigenvalue weighted by Gasteiger charge is 2.19.